The molecule has 1 aliphatic rings. The van der Waals surface area contributed by atoms with Gasteiger partial charge in [0.1, 0.15) is 5.54 Å². The summed E-state index contributed by atoms with van der Waals surface area (Å²) in [7, 11) is 0. The van der Waals surface area contributed by atoms with Gasteiger partial charge in [-0.1, -0.05) is 45.4 Å². The number of aliphatic hydroxyl groups is 1. The molecule has 0 spiro atoms. The molecule has 0 radical (unpaired) electrons. The maximum absolute atomic E-state index is 12.2. The van der Waals surface area contributed by atoms with Gasteiger partial charge in [-0.2, -0.15) is 5.26 Å². The highest BCUT2D eigenvalue weighted by atomic mass is 16.5. The molecule has 0 aromatic heterocycles. The van der Waals surface area contributed by atoms with E-state index >= 15 is 0 Å². The Kier molecular flexibility index (Phi) is 8.77. The lowest BCUT2D eigenvalue weighted by molar-refractivity contribution is -0.157. The van der Waals surface area contributed by atoms with Crippen molar-refractivity contribution >= 4 is 11.9 Å². The SMILES string of the molecule is CCCCCC(O)CC(=O)OC(C)C(=O)NC1(C#N)CCCCC1. The van der Waals surface area contributed by atoms with E-state index in [1.165, 1.54) is 6.92 Å². The molecule has 1 amide bonds. The zero-order valence-corrected chi connectivity index (χ0v) is 14.8. The molecule has 2 unspecified atom stereocenters. The minimum absolute atomic E-state index is 0.106. The number of hydrogen-bond donors (Lipinski definition) is 2. The third kappa shape index (κ3) is 6.88. The Morgan fingerprint density at radius 2 is 1.96 bits per heavy atom. The lowest BCUT2D eigenvalue weighted by Gasteiger charge is -2.32. The molecule has 0 saturated heterocycles. The van der Waals surface area contributed by atoms with Crippen LogP contribution in [0.2, 0.25) is 0 Å². The number of carbonyl (C=O) groups is 2. The van der Waals surface area contributed by atoms with Crippen LogP contribution < -0.4 is 5.32 Å². The smallest absolute Gasteiger partial charge is 0.309 e. The standard InChI is InChI=1S/C18H30N2O4/c1-3-4-6-9-15(21)12-16(22)24-14(2)17(23)20-18(13-19)10-7-5-8-11-18/h14-15,21H,3-12H2,1-2H3,(H,20,23). The number of hydrogen-bond acceptors (Lipinski definition) is 5. The Balaban J connectivity index is 2.40. The van der Waals surface area contributed by atoms with Crippen LogP contribution >= 0.6 is 0 Å². The summed E-state index contributed by atoms with van der Waals surface area (Å²) in [5.41, 5.74) is -0.838. The minimum Gasteiger partial charge on any atom is -0.452 e. The first-order valence-corrected chi connectivity index (χ1v) is 9.03. The van der Waals surface area contributed by atoms with Gasteiger partial charge in [-0.15, -0.1) is 0 Å². The van der Waals surface area contributed by atoms with Crippen LogP contribution in [0, 0.1) is 11.3 Å². The molecule has 0 aromatic carbocycles. The second-order valence-electron chi connectivity index (χ2n) is 6.73. The number of carbonyl (C=O) groups excluding carboxylic acids is 2. The summed E-state index contributed by atoms with van der Waals surface area (Å²) >= 11 is 0. The van der Waals surface area contributed by atoms with Gasteiger partial charge in [0.2, 0.25) is 0 Å². The van der Waals surface area contributed by atoms with Crippen molar-refractivity contribution in [1.82, 2.24) is 5.32 Å². The average Bonchev–Trinajstić information content (AvgIpc) is 2.55. The van der Waals surface area contributed by atoms with E-state index in [2.05, 4.69) is 18.3 Å². The van der Waals surface area contributed by atoms with Crippen LogP contribution in [0.4, 0.5) is 0 Å². The van der Waals surface area contributed by atoms with Gasteiger partial charge >= 0.3 is 5.97 Å². The fraction of sp³-hybridized carbons (Fsp3) is 0.833. The van der Waals surface area contributed by atoms with Gasteiger partial charge in [0.25, 0.3) is 5.91 Å². The Hall–Kier alpha value is -1.61. The maximum atomic E-state index is 12.2. The molecule has 0 aliphatic heterocycles. The third-order valence-electron chi connectivity index (χ3n) is 4.50. The van der Waals surface area contributed by atoms with Crippen molar-refractivity contribution in [3.63, 3.8) is 0 Å². The highest BCUT2D eigenvalue weighted by Crippen LogP contribution is 2.27. The lowest BCUT2D eigenvalue weighted by atomic mass is 9.83. The van der Waals surface area contributed by atoms with Crippen LogP contribution in [0.3, 0.4) is 0 Å². The fourth-order valence-corrected chi connectivity index (χ4v) is 2.98. The molecule has 2 atom stereocenters. The number of nitrogens with zero attached hydrogens (tertiary/aromatic N) is 1. The summed E-state index contributed by atoms with van der Waals surface area (Å²) in [6, 6.07) is 2.20. The Morgan fingerprint density at radius 1 is 1.29 bits per heavy atom. The number of unbranched alkanes of at least 4 members (excludes halogenated alkanes) is 2. The predicted octanol–water partition coefficient (Wildman–Crippen LogP) is 2.59. The molecule has 0 bridgehead atoms. The molecular formula is C18H30N2O4. The van der Waals surface area contributed by atoms with Crippen molar-refractivity contribution in [3.8, 4) is 6.07 Å². The Bertz CT molecular complexity index is 452. The number of rotatable bonds is 9. The van der Waals surface area contributed by atoms with Crippen molar-refractivity contribution in [2.75, 3.05) is 0 Å². The van der Waals surface area contributed by atoms with E-state index in [1.807, 2.05) is 0 Å². The zero-order valence-electron chi connectivity index (χ0n) is 14.8. The van der Waals surface area contributed by atoms with Crippen molar-refractivity contribution in [1.29, 1.82) is 5.26 Å². The molecule has 6 nitrogen and oxygen atoms in total. The first-order chi connectivity index (χ1) is 11.4. The molecule has 1 rings (SSSR count). The van der Waals surface area contributed by atoms with Crippen molar-refractivity contribution in [3.05, 3.63) is 0 Å². The number of esters is 1. The van der Waals surface area contributed by atoms with Gasteiger partial charge in [-0.3, -0.25) is 9.59 Å². The van der Waals surface area contributed by atoms with Crippen LogP contribution in [0.5, 0.6) is 0 Å². The molecule has 24 heavy (non-hydrogen) atoms. The molecule has 1 saturated carbocycles. The third-order valence-corrected chi connectivity index (χ3v) is 4.50. The van der Waals surface area contributed by atoms with E-state index in [1.54, 1.807) is 0 Å². The van der Waals surface area contributed by atoms with Crippen LogP contribution in [0.1, 0.15) is 78.1 Å². The fourth-order valence-electron chi connectivity index (χ4n) is 2.98. The summed E-state index contributed by atoms with van der Waals surface area (Å²) in [4.78, 5) is 24.0. The minimum atomic E-state index is -0.965. The quantitative estimate of drug-likeness (QED) is 0.497. The van der Waals surface area contributed by atoms with Crippen LogP contribution in [-0.2, 0) is 14.3 Å². The summed E-state index contributed by atoms with van der Waals surface area (Å²) < 4.78 is 5.10. The molecule has 2 N–H and O–H groups in total. The van der Waals surface area contributed by atoms with Gasteiger partial charge in [-0.25, -0.2) is 0 Å². The second kappa shape index (κ2) is 10.3. The first kappa shape index (κ1) is 20.4. The molecule has 0 heterocycles. The molecule has 1 fully saturated rings. The van der Waals surface area contributed by atoms with Crippen molar-refractivity contribution < 1.29 is 19.4 Å². The molecular weight excluding hydrogens is 308 g/mol. The van der Waals surface area contributed by atoms with E-state index in [9.17, 15) is 20.0 Å². The van der Waals surface area contributed by atoms with E-state index in [0.717, 1.165) is 38.5 Å². The Morgan fingerprint density at radius 3 is 2.54 bits per heavy atom. The number of amides is 1. The summed E-state index contributed by atoms with van der Waals surface area (Å²) in [6.45, 7) is 3.56. The maximum Gasteiger partial charge on any atom is 0.309 e. The molecule has 1 aliphatic carbocycles. The van der Waals surface area contributed by atoms with Crippen LogP contribution in [0.15, 0.2) is 0 Å². The first-order valence-electron chi connectivity index (χ1n) is 9.03. The van der Waals surface area contributed by atoms with Crippen LogP contribution in [-0.4, -0.2) is 34.7 Å². The van der Waals surface area contributed by atoms with Crippen molar-refractivity contribution in [2.24, 2.45) is 0 Å². The normalized spacial score (nSPS) is 18.9. The monoisotopic (exact) mass is 338 g/mol. The van der Waals surface area contributed by atoms with E-state index in [-0.39, 0.29) is 6.42 Å². The van der Waals surface area contributed by atoms with E-state index in [0.29, 0.717) is 19.3 Å². The van der Waals surface area contributed by atoms with Gasteiger partial charge in [-0.05, 0) is 26.2 Å². The second-order valence-corrected chi connectivity index (χ2v) is 6.73. The van der Waals surface area contributed by atoms with E-state index < -0.39 is 29.6 Å². The van der Waals surface area contributed by atoms with Gasteiger partial charge in [0.15, 0.2) is 6.10 Å². The number of nitrogens with one attached hydrogen (secondary N) is 1. The number of aliphatic hydroxyl groups excluding tert-OH is 1. The van der Waals surface area contributed by atoms with Gasteiger partial charge in [0.05, 0.1) is 18.6 Å². The van der Waals surface area contributed by atoms with Gasteiger partial charge in [0, 0.05) is 0 Å². The molecule has 6 heteroatoms. The van der Waals surface area contributed by atoms with Crippen LogP contribution in [0.25, 0.3) is 0 Å². The lowest BCUT2D eigenvalue weighted by Crippen LogP contribution is -2.52. The molecule has 0 aromatic rings. The van der Waals surface area contributed by atoms with Crippen molar-refractivity contribution in [2.45, 2.75) is 95.8 Å². The summed E-state index contributed by atoms with van der Waals surface area (Å²) in [5.74, 6) is -1.04. The summed E-state index contributed by atoms with van der Waals surface area (Å²) in [6.07, 6.45) is 5.83. The average molecular weight is 338 g/mol. The topological polar surface area (TPSA) is 99.4 Å². The predicted molar refractivity (Wildman–Crippen MR) is 89.9 cm³/mol. The largest absolute Gasteiger partial charge is 0.452 e. The Labute approximate surface area is 144 Å². The number of nitriles is 1. The highest BCUT2D eigenvalue weighted by Gasteiger charge is 2.35. The van der Waals surface area contributed by atoms with Gasteiger partial charge < -0.3 is 15.2 Å². The molecule has 136 valence electrons. The number of ether oxygens (including phenoxy) is 1. The highest BCUT2D eigenvalue weighted by molar-refractivity contribution is 5.84. The zero-order chi connectivity index (χ0) is 18.0. The summed E-state index contributed by atoms with van der Waals surface area (Å²) in [5, 5.41) is 21.9. The van der Waals surface area contributed by atoms with E-state index in [4.69, 9.17) is 4.74 Å².